The second-order valence-corrected chi connectivity index (χ2v) is 5.24. The van der Waals surface area contributed by atoms with E-state index in [9.17, 15) is 9.59 Å². The fraction of sp³-hybridized carbons (Fsp3) is 0.125. The first kappa shape index (κ1) is 12.7. The molecule has 2 aliphatic heterocycles. The minimum Gasteiger partial charge on any atom is -0.497 e. The monoisotopic (exact) mass is 295 g/mol. The number of benzene rings is 2. The Bertz CT molecular complexity index is 818. The number of para-hydroxylation sites is 1. The molecular formula is C16H13N3O3. The SMILES string of the molecule is COc1ccc2c(c1)NC(=O)[C@@]21NC(=O)c2ccccc2N1. The molecule has 0 saturated heterocycles. The number of methoxy groups -OCH3 is 1. The quantitative estimate of drug-likeness (QED) is 0.747. The fourth-order valence-electron chi connectivity index (χ4n) is 2.93. The summed E-state index contributed by atoms with van der Waals surface area (Å²) in [6, 6.07) is 12.4. The summed E-state index contributed by atoms with van der Waals surface area (Å²) in [7, 11) is 1.56. The molecule has 6 heteroatoms. The molecule has 2 heterocycles. The third kappa shape index (κ3) is 1.54. The van der Waals surface area contributed by atoms with E-state index < -0.39 is 5.66 Å². The van der Waals surface area contributed by atoms with Crippen LogP contribution in [0.4, 0.5) is 11.4 Å². The van der Waals surface area contributed by atoms with Crippen molar-refractivity contribution < 1.29 is 14.3 Å². The number of fused-ring (bicyclic) bond motifs is 3. The minimum absolute atomic E-state index is 0.284. The van der Waals surface area contributed by atoms with Gasteiger partial charge in [-0.15, -0.1) is 0 Å². The van der Waals surface area contributed by atoms with Crippen LogP contribution in [0.5, 0.6) is 5.75 Å². The van der Waals surface area contributed by atoms with E-state index in [1.807, 2.05) is 6.07 Å². The topological polar surface area (TPSA) is 79.5 Å². The van der Waals surface area contributed by atoms with Crippen LogP contribution in [0.3, 0.4) is 0 Å². The van der Waals surface area contributed by atoms with Crippen molar-refractivity contribution in [2.45, 2.75) is 5.66 Å². The normalized spacial score (nSPS) is 21.5. The average Bonchev–Trinajstić information content (AvgIpc) is 2.78. The zero-order valence-electron chi connectivity index (χ0n) is 11.8. The van der Waals surface area contributed by atoms with Crippen molar-refractivity contribution in [3.05, 3.63) is 53.6 Å². The van der Waals surface area contributed by atoms with Crippen LogP contribution in [0.2, 0.25) is 0 Å². The molecule has 2 aromatic rings. The number of amides is 2. The third-order valence-electron chi connectivity index (χ3n) is 4.01. The van der Waals surface area contributed by atoms with Crippen LogP contribution in [-0.2, 0) is 10.5 Å². The molecule has 1 atom stereocenters. The average molecular weight is 295 g/mol. The van der Waals surface area contributed by atoms with Gasteiger partial charge in [-0.1, -0.05) is 12.1 Å². The van der Waals surface area contributed by atoms with Crippen molar-refractivity contribution >= 4 is 23.2 Å². The van der Waals surface area contributed by atoms with Crippen LogP contribution >= 0.6 is 0 Å². The Hall–Kier alpha value is -3.02. The first-order chi connectivity index (χ1) is 10.6. The van der Waals surface area contributed by atoms with E-state index in [4.69, 9.17) is 4.74 Å². The van der Waals surface area contributed by atoms with Gasteiger partial charge in [0, 0.05) is 17.3 Å². The molecule has 0 unspecified atom stereocenters. The third-order valence-corrected chi connectivity index (χ3v) is 4.01. The lowest BCUT2D eigenvalue weighted by Gasteiger charge is -2.35. The molecule has 6 nitrogen and oxygen atoms in total. The molecule has 0 aromatic heterocycles. The van der Waals surface area contributed by atoms with Gasteiger partial charge in [-0.3, -0.25) is 9.59 Å². The summed E-state index contributed by atoms with van der Waals surface area (Å²) in [5.41, 5.74) is 1.15. The predicted octanol–water partition coefficient (Wildman–Crippen LogP) is 1.66. The zero-order chi connectivity index (χ0) is 15.3. The van der Waals surface area contributed by atoms with Gasteiger partial charge in [-0.2, -0.15) is 0 Å². The Labute approximate surface area is 126 Å². The van der Waals surface area contributed by atoms with Gasteiger partial charge >= 0.3 is 0 Å². The Morgan fingerprint density at radius 2 is 1.82 bits per heavy atom. The Morgan fingerprint density at radius 3 is 2.64 bits per heavy atom. The van der Waals surface area contributed by atoms with Crippen molar-refractivity contribution in [3.8, 4) is 5.75 Å². The van der Waals surface area contributed by atoms with E-state index in [-0.39, 0.29) is 11.8 Å². The smallest absolute Gasteiger partial charge is 0.275 e. The van der Waals surface area contributed by atoms with Crippen molar-refractivity contribution in [2.75, 3.05) is 17.7 Å². The molecule has 2 amide bonds. The zero-order valence-corrected chi connectivity index (χ0v) is 11.8. The second-order valence-electron chi connectivity index (χ2n) is 5.24. The van der Waals surface area contributed by atoms with Crippen molar-refractivity contribution in [2.24, 2.45) is 0 Å². The molecule has 2 aromatic carbocycles. The number of nitrogens with one attached hydrogen (secondary N) is 3. The van der Waals surface area contributed by atoms with E-state index in [1.54, 1.807) is 43.5 Å². The van der Waals surface area contributed by atoms with Gasteiger partial charge in [0.15, 0.2) is 0 Å². The first-order valence-electron chi connectivity index (χ1n) is 6.84. The largest absolute Gasteiger partial charge is 0.497 e. The lowest BCUT2D eigenvalue weighted by Crippen LogP contribution is -2.59. The standard InChI is InChI=1S/C16H13N3O3/c1-22-9-6-7-11-13(8-9)17-15(21)16(11)18-12-5-3-2-4-10(12)14(20)19-16/h2-8,18H,1H3,(H,17,21)(H,19,20)/t16-/m0/s1. The Kier molecular flexibility index (Phi) is 2.45. The number of hydrogen-bond donors (Lipinski definition) is 3. The Morgan fingerprint density at radius 1 is 1.00 bits per heavy atom. The summed E-state index contributed by atoms with van der Waals surface area (Å²) in [5.74, 6) is 0.0328. The van der Waals surface area contributed by atoms with E-state index in [0.717, 1.165) is 0 Å². The number of anilines is 2. The van der Waals surface area contributed by atoms with E-state index >= 15 is 0 Å². The van der Waals surface area contributed by atoms with Crippen LogP contribution in [-0.4, -0.2) is 18.9 Å². The van der Waals surface area contributed by atoms with Crippen LogP contribution < -0.4 is 20.7 Å². The maximum atomic E-state index is 12.5. The molecular weight excluding hydrogens is 282 g/mol. The van der Waals surface area contributed by atoms with E-state index in [0.29, 0.717) is 28.3 Å². The number of rotatable bonds is 1. The van der Waals surface area contributed by atoms with Gasteiger partial charge in [0.1, 0.15) is 5.75 Å². The number of carbonyl (C=O) groups is 2. The highest BCUT2D eigenvalue weighted by Crippen LogP contribution is 2.41. The molecule has 2 aliphatic rings. The molecule has 1 spiro atoms. The van der Waals surface area contributed by atoms with Gasteiger partial charge in [-0.25, -0.2) is 0 Å². The van der Waals surface area contributed by atoms with Gasteiger partial charge < -0.3 is 20.7 Å². The molecule has 4 rings (SSSR count). The highest BCUT2D eigenvalue weighted by molar-refractivity contribution is 6.14. The van der Waals surface area contributed by atoms with Crippen LogP contribution in [0.1, 0.15) is 15.9 Å². The molecule has 0 fully saturated rings. The molecule has 110 valence electrons. The maximum absolute atomic E-state index is 12.5. The van der Waals surface area contributed by atoms with Crippen LogP contribution in [0, 0.1) is 0 Å². The molecule has 3 N–H and O–H groups in total. The minimum atomic E-state index is -1.28. The molecule has 0 aliphatic carbocycles. The molecule has 22 heavy (non-hydrogen) atoms. The summed E-state index contributed by atoms with van der Waals surface area (Å²) in [5, 5.41) is 8.74. The first-order valence-corrected chi connectivity index (χ1v) is 6.84. The van der Waals surface area contributed by atoms with Gasteiger partial charge in [0.05, 0.1) is 18.4 Å². The number of hydrogen-bond acceptors (Lipinski definition) is 4. The summed E-state index contributed by atoms with van der Waals surface area (Å²) in [4.78, 5) is 24.9. The van der Waals surface area contributed by atoms with Crippen molar-refractivity contribution in [1.82, 2.24) is 5.32 Å². The van der Waals surface area contributed by atoms with Crippen molar-refractivity contribution in [3.63, 3.8) is 0 Å². The van der Waals surface area contributed by atoms with E-state index in [2.05, 4.69) is 16.0 Å². The van der Waals surface area contributed by atoms with Gasteiger partial charge in [0.25, 0.3) is 11.8 Å². The predicted molar refractivity (Wildman–Crippen MR) is 80.8 cm³/mol. The fourth-order valence-corrected chi connectivity index (χ4v) is 2.93. The Balaban J connectivity index is 1.87. The van der Waals surface area contributed by atoms with Crippen LogP contribution in [0.25, 0.3) is 0 Å². The number of ether oxygens (including phenoxy) is 1. The summed E-state index contributed by atoms with van der Waals surface area (Å²) in [6.07, 6.45) is 0. The van der Waals surface area contributed by atoms with Crippen LogP contribution in [0.15, 0.2) is 42.5 Å². The van der Waals surface area contributed by atoms with Gasteiger partial charge in [-0.05, 0) is 24.3 Å². The van der Waals surface area contributed by atoms with E-state index in [1.165, 1.54) is 0 Å². The molecule has 0 saturated carbocycles. The summed E-state index contributed by atoms with van der Waals surface area (Å²) < 4.78 is 5.17. The lowest BCUT2D eigenvalue weighted by molar-refractivity contribution is -0.120. The highest BCUT2D eigenvalue weighted by Gasteiger charge is 2.51. The van der Waals surface area contributed by atoms with Gasteiger partial charge in [0.2, 0.25) is 5.66 Å². The summed E-state index contributed by atoms with van der Waals surface area (Å²) in [6.45, 7) is 0. The lowest BCUT2D eigenvalue weighted by atomic mass is 9.95. The summed E-state index contributed by atoms with van der Waals surface area (Å²) >= 11 is 0. The second kappa shape index (κ2) is 4.24. The number of carbonyl (C=O) groups excluding carboxylic acids is 2. The highest BCUT2D eigenvalue weighted by atomic mass is 16.5. The van der Waals surface area contributed by atoms with Crippen molar-refractivity contribution in [1.29, 1.82) is 0 Å². The molecule has 0 bridgehead atoms. The molecule has 0 radical (unpaired) electrons. The maximum Gasteiger partial charge on any atom is 0.275 e.